The van der Waals surface area contributed by atoms with E-state index in [1.54, 1.807) is 18.7 Å². The normalized spacial score (nSPS) is 11.9. The highest BCUT2D eigenvalue weighted by Crippen LogP contribution is 2.22. The molecule has 3 rings (SSSR count). The Morgan fingerprint density at radius 2 is 2.17 bits per heavy atom. The average Bonchev–Trinajstić information content (AvgIpc) is 3.08. The number of nitrogens with zero attached hydrogens (tertiary/aromatic N) is 4. The molecular formula is C18H21N5O. The zero-order valence-electron chi connectivity index (χ0n) is 13.9. The summed E-state index contributed by atoms with van der Waals surface area (Å²) >= 11 is 0. The second kappa shape index (κ2) is 7.59. The number of imidazole rings is 1. The molecule has 1 atom stereocenters. The van der Waals surface area contributed by atoms with Crippen LogP contribution < -0.4 is 10.1 Å². The van der Waals surface area contributed by atoms with E-state index in [0.717, 1.165) is 29.5 Å². The molecule has 0 spiro atoms. The Morgan fingerprint density at radius 1 is 1.25 bits per heavy atom. The molecule has 0 saturated carbocycles. The smallest absolute Gasteiger partial charge is 0.130 e. The Bertz CT molecular complexity index is 773. The average molecular weight is 323 g/mol. The van der Waals surface area contributed by atoms with Gasteiger partial charge in [0.25, 0.3) is 0 Å². The number of benzene rings is 1. The van der Waals surface area contributed by atoms with E-state index >= 15 is 0 Å². The topological polar surface area (TPSA) is 64.9 Å². The van der Waals surface area contributed by atoms with Crippen molar-refractivity contribution in [2.75, 3.05) is 11.9 Å². The minimum Gasteiger partial charge on any atom is -0.492 e. The Morgan fingerprint density at radius 3 is 2.96 bits per heavy atom. The molecule has 0 radical (unpaired) electrons. The molecule has 0 amide bonds. The highest BCUT2D eigenvalue weighted by Gasteiger charge is 2.07. The van der Waals surface area contributed by atoms with E-state index in [1.807, 2.05) is 35.9 Å². The van der Waals surface area contributed by atoms with Gasteiger partial charge in [0.2, 0.25) is 0 Å². The molecule has 0 fully saturated rings. The summed E-state index contributed by atoms with van der Waals surface area (Å²) in [6.07, 6.45) is 7.24. The lowest BCUT2D eigenvalue weighted by molar-refractivity contribution is 0.298. The van der Waals surface area contributed by atoms with Crippen molar-refractivity contribution in [2.24, 2.45) is 0 Å². The number of rotatable bonds is 7. The first-order chi connectivity index (χ1) is 11.7. The second-order valence-corrected chi connectivity index (χ2v) is 5.58. The SMILES string of the molecule is Cc1nccc(NC(C)c2cccc(OCCn3ccnc3)c2)n1. The summed E-state index contributed by atoms with van der Waals surface area (Å²) in [7, 11) is 0. The van der Waals surface area contributed by atoms with Gasteiger partial charge in [-0.25, -0.2) is 15.0 Å². The van der Waals surface area contributed by atoms with Crippen LogP contribution in [0.2, 0.25) is 0 Å². The monoisotopic (exact) mass is 323 g/mol. The molecule has 6 nitrogen and oxygen atoms in total. The van der Waals surface area contributed by atoms with E-state index < -0.39 is 0 Å². The Kier molecular flexibility index (Phi) is 5.05. The van der Waals surface area contributed by atoms with Crippen molar-refractivity contribution in [3.63, 3.8) is 0 Å². The standard InChI is InChI=1S/C18H21N5O/c1-14(21-18-6-7-20-15(2)22-18)16-4-3-5-17(12-16)24-11-10-23-9-8-19-13-23/h3-9,12-14H,10-11H2,1-2H3,(H,20,21,22). The Balaban J connectivity index is 1.59. The number of ether oxygens (including phenoxy) is 1. The predicted octanol–water partition coefficient (Wildman–Crippen LogP) is 3.23. The number of hydrogen-bond acceptors (Lipinski definition) is 5. The molecule has 2 aromatic heterocycles. The maximum absolute atomic E-state index is 5.84. The quantitative estimate of drug-likeness (QED) is 0.723. The minimum absolute atomic E-state index is 0.122. The number of aromatic nitrogens is 4. The zero-order valence-corrected chi connectivity index (χ0v) is 13.9. The summed E-state index contributed by atoms with van der Waals surface area (Å²) in [5.74, 6) is 2.44. The molecule has 0 bridgehead atoms. The van der Waals surface area contributed by atoms with Crippen LogP contribution in [0.25, 0.3) is 0 Å². The molecule has 0 aliphatic carbocycles. The molecule has 2 heterocycles. The van der Waals surface area contributed by atoms with Crippen LogP contribution in [0.3, 0.4) is 0 Å². The largest absolute Gasteiger partial charge is 0.492 e. The van der Waals surface area contributed by atoms with Crippen molar-refractivity contribution >= 4 is 5.82 Å². The van der Waals surface area contributed by atoms with Crippen LogP contribution >= 0.6 is 0 Å². The molecular weight excluding hydrogens is 302 g/mol. The van der Waals surface area contributed by atoms with Gasteiger partial charge in [-0.15, -0.1) is 0 Å². The van der Waals surface area contributed by atoms with Gasteiger partial charge in [-0.2, -0.15) is 0 Å². The van der Waals surface area contributed by atoms with Crippen molar-refractivity contribution in [2.45, 2.75) is 26.4 Å². The lowest BCUT2D eigenvalue weighted by Gasteiger charge is -2.16. The second-order valence-electron chi connectivity index (χ2n) is 5.58. The molecule has 1 N–H and O–H groups in total. The van der Waals surface area contributed by atoms with E-state index in [-0.39, 0.29) is 6.04 Å². The van der Waals surface area contributed by atoms with Gasteiger partial charge in [-0.3, -0.25) is 0 Å². The third-order valence-corrected chi connectivity index (χ3v) is 3.68. The van der Waals surface area contributed by atoms with Gasteiger partial charge in [0, 0.05) is 18.6 Å². The molecule has 1 unspecified atom stereocenters. The number of anilines is 1. The molecule has 0 aliphatic rings. The van der Waals surface area contributed by atoms with Gasteiger partial charge >= 0.3 is 0 Å². The van der Waals surface area contributed by atoms with Gasteiger partial charge in [-0.1, -0.05) is 12.1 Å². The Hall–Kier alpha value is -2.89. The molecule has 6 heteroatoms. The van der Waals surface area contributed by atoms with Crippen molar-refractivity contribution < 1.29 is 4.74 Å². The first-order valence-electron chi connectivity index (χ1n) is 7.95. The number of hydrogen-bond donors (Lipinski definition) is 1. The first-order valence-corrected chi connectivity index (χ1v) is 7.95. The van der Waals surface area contributed by atoms with Crippen LogP contribution in [-0.4, -0.2) is 26.1 Å². The number of nitrogens with one attached hydrogen (secondary N) is 1. The summed E-state index contributed by atoms with van der Waals surface area (Å²) in [5, 5.41) is 3.39. The van der Waals surface area contributed by atoms with Crippen LogP contribution in [0.4, 0.5) is 5.82 Å². The summed E-state index contributed by atoms with van der Waals surface area (Å²) in [5.41, 5.74) is 1.14. The summed E-state index contributed by atoms with van der Waals surface area (Å²) < 4.78 is 7.83. The molecule has 0 aliphatic heterocycles. The van der Waals surface area contributed by atoms with Crippen molar-refractivity contribution in [3.8, 4) is 5.75 Å². The Labute approximate surface area is 141 Å². The molecule has 24 heavy (non-hydrogen) atoms. The first kappa shape index (κ1) is 16.0. The van der Waals surface area contributed by atoms with E-state index in [9.17, 15) is 0 Å². The maximum Gasteiger partial charge on any atom is 0.130 e. The van der Waals surface area contributed by atoms with Crippen LogP contribution in [-0.2, 0) is 6.54 Å². The minimum atomic E-state index is 0.122. The van der Waals surface area contributed by atoms with Gasteiger partial charge in [0.05, 0.1) is 18.9 Å². The van der Waals surface area contributed by atoms with Gasteiger partial charge in [0.1, 0.15) is 24.0 Å². The van der Waals surface area contributed by atoms with E-state index in [0.29, 0.717) is 6.61 Å². The maximum atomic E-state index is 5.84. The van der Waals surface area contributed by atoms with Crippen LogP contribution in [0.15, 0.2) is 55.2 Å². The summed E-state index contributed by atoms with van der Waals surface area (Å²) in [4.78, 5) is 12.5. The van der Waals surface area contributed by atoms with E-state index in [1.165, 1.54) is 0 Å². The zero-order chi connectivity index (χ0) is 16.8. The highest BCUT2D eigenvalue weighted by atomic mass is 16.5. The van der Waals surface area contributed by atoms with Crippen LogP contribution in [0.1, 0.15) is 24.4 Å². The van der Waals surface area contributed by atoms with Crippen molar-refractivity contribution in [1.82, 2.24) is 19.5 Å². The lowest BCUT2D eigenvalue weighted by atomic mass is 10.1. The van der Waals surface area contributed by atoms with E-state index in [2.05, 4.69) is 39.3 Å². The van der Waals surface area contributed by atoms with Crippen molar-refractivity contribution in [3.05, 3.63) is 66.6 Å². The molecule has 0 saturated heterocycles. The lowest BCUT2D eigenvalue weighted by Crippen LogP contribution is -2.10. The van der Waals surface area contributed by atoms with Gasteiger partial charge in [-0.05, 0) is 37.6 Å². The van der Waals surface area contributed by atoms with E-state index in [4.69, 9.17) is 4.74 Å². The summed E-state index contributed by atoms with van der Waals surface area (Å²) in [6.45, 7) is 5.36. The van der Waals surface area contributed by atoms with Crippen LogP contribution in [0.5, 0.6) is 5.75 Å². The fourth-order valence-electron chi connectivity index (χ4n) is 2.40. The van der Waals surface area contributed by atoms with Crippen molar-refractivity contribution in [1.29, 1.82) is 0 Å². The molecule has 1 aromatic carbocycles. The van der Waals surface area contributed by atoms with Crippen LogP contribution in [0, 0.1) is 6.92 Å². The molecule has 124 valence electrons. The van der Waals surface area contributed by atoms with Gasteiger partial charge in [0.15, 0.2) is 0 Å². The third-order valence-electron chi connectivity index (χ3n) is 3.68. The number of aryl methyl sites for hydroxylation is 1. The highest BCUT2D eigenvalue weighted by molar-refractivity contribution is 5.39. The fraction of sp³-hybridized carbons (Fsp3) is 0.278. The van der Waals surface area contributed by atoms with Gasteiger partial charge < -0.3 is 14.6 Å². The summed E-state index contributed by atoms with van der Waals surface area (Å²) in [6, 6.07) is 10.1. The predicted molar refractivity (Wildman–Crippen MR) is 93.0 cm³/mol. The molecule has 3 aromatic rings. The fourth-order valence-corrected chi connectivity index (χ4v) is 2.40. The third kappa shape index (κ3) is 4.32.